The molecule has 3 aromatic rings. The molecule has 1 aromatic carbocycles. The summed E-state index contributed by atoms with van der Waals surface area (Å²) in [6.07, 6.45) is 2.94. The van der Waals surface area contributed by atoms with Crippen molar-refractivity contribution in [1.29, 1.82) is 0 Å². The van der Waals surface area contributed by atoms with Gasteiger partial charge in [-0.05, 0) is 65.6 Å². The highest BCUT2D eigenvalue weighted by atomic mass is 19.4. The number of fused-ring (bicyclic) bond motifs is 1. The summed E-state index contributed by atoms with van der Waals surface area (Å²) < 4.78 is 57.1. The average molecular weight is 593 g/mol. The van der Waals surface area contributed by atoms with E-state index in [1.54, 1.807) is 17.8 Å². The Morgan fingerprint density at radius 1 is 1.14 bits per heavy atom. The van der Waals surface area contributed by atoms with E-state index in [1.165, 1.54) is 18.5 Å². The van der Waals surface area contributed by atoms with Crippen LogP contribution in [0.4, 0.5) is 28.0 Å². The number of nitrogens with one attached hydrogen (secondary N) is 1. The summed E-state index contributed by atoms with van der Waals surface area (Å²) in [5, 5.41) is 6.77. The lowest BCUT2D eigenvalue weighted by atomic mass is 9.85. The molecule has 2 fully saturated rings. The molecule has 1 spiro atoms. The standard InChI is InChI=1S/C20H27N5O3.C9H9F4N/c1-19(2,3)28-18(27)24-8-4-5-20(24)6-9-23(10-7-20)16-11-15(13-26)12-25-17(16)21-14-22-25;1-14-5-6-3-2-4-7(8(6)10)9(11,12)13/h11-14H,4-10H2,1-3H3;2-4,14H,5H2,1H3. The van der Waals surface area contributed by atoms with Gasteiger partial charge in [0.15, 0.2) is 11.9 Å². The number of amides is 1. The van der Waals surface area contributed by atoms with Crippen molar-refractivity contribution in [2.75, 3.05) is 31.6 Å². The maximum atomic E-state index is 13.2. The first-order chi connectivity index (χ1) is 19.8. The molecule has 0 radical (unpaired) electrons. The first-order valence-electron chi connectivity index (χ1n) is 13.8. The minimum atomic E-state index is -4.63. The largest absolute Gasteiger partial charge is 0.444 e. The fourth-order valence-electron chi connectivity index (χ4n) is 5.58. The maximum absolute atomic E-state index is 13.2. The number of pyridine rings is 1. The summed E-state index contributed by atoms with van der Waals surface area (Å²) in [7, 11) is 1.54. The lowest BCUT2D eigenvalue weighted by molar-refractivity contribution is -0.140. The number of benzene rings is 1. The molecule has 0 aliphatic carbocycles. The van der Waals surface area contributed by atoms with Gasteiger partial charge in [0.25, 0.3) is 0 Å². The molecule has 228 valence electrons. The van der Waals surface area contributed by atoms with E-state index in [0.29, 0.717) is 5.56 Å². The zero-order chi connectivity index (χ0) is 30.7. The van der Waals surface area contributed by atoms with Crippen LogP contribution in [0.2, 0.25) is 0 Å². The van der Waals surface area contributed by atoms with Gasteiger partial charge in [0.2, 0.25) is 0 Å². The molecule has 13 heteroatoms. The Labute approximate surface area is 241 Å². The van der Waals surface area contributed by atoms with Crippen LogP contribution in [0.1, 0.15) is 67.9 Å². The van der Waals surface area contributed by atoms with Gasteiger partial charge in [-0.25, -0.2) is 18.7 Å². The van der Waals surface area contributed by atoms with Crippen LogP contribution in [-0.2, 0) is 17.5 Å². The van der Waals surface area contributed by atoms with Crippen molar-refractivity contribution in [1.82, 2.24) is 24.8 Å². The molecule has 0 saturated carbocycles. The molecule has 1 N–H and O–H groups in total. The van der Waals surface area contributed by atoms with E-state index in [-0.39, 0.29) is 23.7 Å². The van der Waals surface area contributed by atoms with Crippen molar-refractivity contribution in [2.45, 2.75) is 70.3 Å². The molecule has 0 unspecified atom stereocenters. The molecule has 0 bridgehead atoms. The van der Waals surface area contributed by atoms with Gasteiger partial charge in [-0.3, -0.25) is 4.79 Å². The maximum Gasteiger partial charge on any atom is 0.419 e. The lowest BCUT2D eigenvalue weighted by Gasteiger charge is -2.45. The number of carbonyl (C=O) groups is 2. The summed E-state index contributed by atoms with van der Waals surface area (Å²) in [5.41, 5.74) is 0.411. The average Bonchev–Trinajstić information content (AvgIpc) is 3.56. The van der Waals surface area contributed by atoms with E-state index in [0.717, 1.165) is 69.0 Å². The molecule has 2 aromatic heterocycles. The molecule has 2 aliphatic heterocycles. The number of aldehydes is 1. The minimum Gasteiger partial charge on any atom is -0.444 e. The first-order valence-corrected chi connectivity index (χ1v) is 13.8. The van der Waals surface area contributed by atoms with Gasteiger partial charge >= 0.3 is 12.3 Å². The molecule has 2 saturated heterocycles. The topological polar surface area (TPSA) is 92.1 Å². The molecule has 9 nitrogen and oxygen atoms in total. The highest BCUT2D eigenvalue weighted by molar-refractivity contribution is 5.81. The van der Waals surface area contributed by atoms with E-state index in [2.05, 4.69) is 20.3 Å². The van der Waals surface area contributed by atoms with E-state index >= 15 is 0 Å². The predicted molar refractivity (Wildman–Crippen MR) is 149 cm³/mol. The number of carbonyl (C=O) groups excluding carboxylic acids is 2. The smallest absolute Gasteiger partial charge is 0.419 e. The van der Waals surface area contributed by atoms with Crippen molar-refractivity contribution in [3.63, 3.8) is 0 Å². The Hall–Kier alpha value is -3.74. The number of ether oxygens (including phenoxy) is 1. The second-order valence-electron chi connectivity index (χ2n) is 11.6. The second kappa shape index (κ2) is 12.2. The minimum absolute atomic E-state index is 0.0160. The van der Waals surface area contributed by atoms with Crippen molar-refractivity contribution in [3.8, 4) is 0 Å². The highest BCUT2D eigenvalue weighted by Gasteiger charge is 2.47. The lowest BCUT2D eigenvalue weighted by Crippen LogP contribution is -2.55. The van der Waals surface area contributed by atoms with E-state index in [4.69, 9.17) is 4.74 Å². The zero-order valence-corrected chi connectivity index (χ0v) is 24.2. The van der Waals surface area contributed by atoms with E-state index < -0.39 is 23.2 Å². The zero-order valence-electron chi connectivity index (χ0n) is 24.2. The van der Waals surface area contributed by atoms with Crippen LogP contribution in [0.15, 0.2) is 36.8 Å². The van der Waals surface area contributed by atoms with Gasteiger partial charge in [-0.2, -0.15) is 18.3 Å². The Morgan fingerprint density at radius 2 is 1.86 bits per heavy atom. The number of aromatic nitrogens is 3. The number of nitrogens with zero attached hydrogens (tertiary/aromatic N) is 5. The SMILES string of the molecule is CC(C)(C)OC(=O)N1CCCC12CCN(c1cc(C=O)cn3ncnc13)CC2.CNCc1cccc(C(F)(F)F)c1F. The van der Waals surface area contributed by atoms with Crippen LogP contribution in [0, 0.1) is 5.82 Å². The number of alkyl halides is 3. The molecule has 2 aliphatic rings. The third kappa shape index (κ3) is 6.83. The van der Waals surface area contributed by atoms with Crippen LogP contribution in [0.25, 0.3) is 5.65 Å². The molecule has 42 heavy (non-hydrogen) atoms. The van der Waals surface area contributed by atoms with Gasteiger partial charge in [0.05, 0.1) is 11.3 Å². The van der Waals surface area contributed by atoms with Gasteiger partial charge < -0.3 is 19.9 Å². The first kappa shape index (κ1) is 31.2. The van der Waals surface area contributed by atoms with E-state index in [1.807, 2.05) is 31.7 Å². The quantitative estimate of drug-likeness (QED) is 0.317. The summed E-state index contributed by atoms with van der Waals surface area (Å²) in [4.78, 5) is 32.6. The Balaban J connectivity index is 0.000000244. The normalized spacial score (nSPS) is 16.9. The summed E-state index contributed by atoms with van der Waals surface area (Å²) in [6, 6.07) is 5.11. The van der Waals surface area contributed by atoms with Crippen molar-refractivity contribution >= 4 is 23.7 Å². The molecule has 5 rings (SSSR count). The number of anilines is 1. The van der Waals surface area contributed by atoms with Gasteiger partial charge in [-0.15, -0.1) is 0 Å². The summed E-state index contributed by atoms with van der Waals surface area (Å²) in [5.74, 6) is -1.20. The number of hydrogen-bond acceptors (Lipinski definition) is 7. The van der Waals surface area contributed by atoms with Gasteiger partial charge in [0, 0.05) is 49.0 Å². The van der Waals surface area contributed by atoms with Crippen LogP contribution in [0.3, 0.4) is 0 Å². The number of rotatable bonds is 4. The number of hydrogen-bond donors (Lipinski definition) is 1. The molecular weight excluding hydrogens is 556 g/mol. The van der Waals surface area contributed by atoms with Crippen LogP contribution < -0.4 is 10.2 Å². The summed E-state index contributed by atoms with van der Waals surface area (Å²) in [6.45, 7) is 8.13. The third-order valence-electron chi connectivity index (χ3n) is 7.51. The molecule has 0 atom stereocenters. The molecule has 1 amide bonds. The Kier molecular flexibility index (Phi) is 9.09. The third-order valence-corrected chi connectivity index (χ3v) is 7.51. The predicted octanol–water partition coefficient (Wildman–Crippen LogP) is 5.48. The van der Waals surface area contributed by atoms with Crippen molar-refractivity contribution in [3.05, 3.63) is 59.3 Å². The van der Waals surface area contributed by atoms with Gasteiger partial charge in [-0.1, -0.05) is 12.1 Å². The van der Waals surface area contributed by atoms with Crippen LogP contribution >= 0.6 is 0 Å². The van der Waals surface area contributed by atoms with Crippen molar-refractivity contribution in [2.24, 2.45) is 0 Å². The Morgan fingerprint density at radius 3 is 2.48 bits per heavy atom. The van der Waals surface area contributed by atoms with E-state index in [9.17, 15) is 27.2 Å². The monoisotopic (exact) mass is 592 g/mol. The summed E-state index contributed by atoms with van der Waals surface area (Å²) >= 11 is 0. The second-order valence-corrected chi connectivity index (χ2v) is 11.6. The number of piperidine rings is 1. The highest BCUT2D eigenvalue weighted by Crippen LogP contribution is 2.41. The van der Waals surface area contributed by atoms with Crippen molar-refractivity contribution < 1.29 is 31.9 Å². The fraction of sp³-hybridized carbons (Fsp3) is 0.517. The number of halogens is 4. The molecular formula is C29H36F4N6O3. The van der Waals surface area contributed by atoms with Gasteiger partial charge in [0.1, 0.15) is 17.7 Å². The Bertz CT molecular complexity index is 1410. The fourth-order valence-corrected chi connectivity index (χ4v) is 5.58. The number of likely N-dealkylation sites (tertiary alicyclic amines) is 1. The van der Waals surface area contributed by atoms with Crippen LogP contribution in [0.5, 0.6) is 0 Å². The molecule has 4 heterocycles. The van der Waals surface area contributed by atoms with Crippen LogP contribution in [-0.4, -0.2) is 69.7 Å².